The molecule has 0 saturated carbocycles. The fraction of sp³-hybridized carbons (Fsp3) is 0.182. The van der Waals surface area contributed by atoms with Crippen LogP contribution in [-0.2, 0) is 9.59 Å². The first-order valence-electron chi connectivity index (χ1n) is 5.59. The highest BCUT2D eigenvalue weighted by molar-refractivity contribution is 6.04. The van der Waals surface area contributed by atoms with Crippen LogP contribution >= 0.6 is 0 Å². The Morgan fingerprint density at radius 2 is 1.95 bits per heavy atom. The lowest BCUT2D eigenvalue weighted by Crippen LogP contribution is -2.54. The second kappa shape index (κ2) is 5.34. The van der Waals surface area contributed by atoms with Crippen LogP contribution in [0.25, 0.3) is 0 Å². The van der Waals surface area contributed by atoms with Gasteiger partial charge in [-0.2, -0.15) is 0 Å². The number of hydrogen-bond donors (Lipinski definition) is 2. The molecule has 0 bridgehead atoms. The number of nitro benzene ring substituents is 1. The third-order valence-corrected chi connectivity index (χ3v) is 2.54. The number of carbonyl (C=O) groups is 3. The summed E-state index contributed by atoms with van der Waals surface area (Å²) in [7, 11) is 0. The number of amides is 4. The van der Waals surface area contributed by atoms with Crippen LogP contribution in [0.5, 0.6) is 0 Å². The fourth-order valence-electron chi connectivity index (χ4n) is 1.68. The summed E-state index contributed by atoms with van der Waals surface area (Å²) in [5, 5.41) is 15.1. The summed E-state index contributed by atoms with van der Waals surface area (Å²) in [6, 6.07) is 4.68. The number of benzene rings is 1. The van der Waals surface area contributed by atoms with Gasteiger partial charge in [0.1, 0.15) is 13.1 Å². The molecule has 9 nitrogen and oxygen atoms in total. The predicted octanol–water partition coefficient (Wildman–Crippen LogP) is 0.0851. The van der Waals surface area contributed by atoms with E-state index in [9.17, 15) is 24.5 Å². The van der Waals surface area contributed by atoms with Crippen molar-refractivity contribution < 1.29 is 19.3 Å². The third kappa shape index (κ3) is 3.07. The number of nitrogens with zero attached hydrogens (tertiary/aromatic N) is 2. The first kappa shape index (κ1) is 13.5. The van der Waals surface area contributed by atoms with Crippen LogP contribution in [0.1, 0.15) is 0 Å². The minimum Gasteiger partial charge on any atom is -0.308 e. The molecule has 1 fully saturated rings. The van der Waals surface area contributed by atoms with Gasteiger partial charge in [-0.1, -0.05) is 6.07 Å². The van der Waals surface area contributed by atoms with Gasteiger partial charge in [0, 0.05) is 17.8 Å². The largest absolute Gasteiger partial charge is 0.322 e. The Morgan fingerprint density at radius 3 is 2.55 bits per heavy atom. The fourth-order valence-corrected chi connectivity index (χ4v) is 1.68. The highest BCUT2D eigenvalue weighted by Gasteiger charge is 2.26. The molecule has 1 saturated heterocycles. The topological polar surface area (TPSA) is 122 Å². The Balaban J connectivity index is 2.07. The van der Waals surface area contributed by atoms with E-state index in [1.54, 1.807) is 0 Å². The number of rotatable bonds is 2. The second-order valence-electron chi connectivity index (χ2n) is 4.07. The number of imide groups is 1. The van der Waals surface area contributed by atoms with Gasteiger partial charge in [-0.05, 0) is 6.07 Å². The highest BCUT2D eigenvalue weighted by atomic mass is 16.6. The molecule has 1 aliphatic heterocycles. The smallest absolute Gasteiger partial charge is 0.308 e. The lowest BCUT2D eigenvalue weighted by molar-refractivity contribution is -0.384. The summed E-state index contributed by atoms with van der Waals surface area (Å²) in [4.78, 5) is 45.2. The van der Waals surface area contributed by atoms with Crippen molar-refractivity contribution in [3.05, 3.63) is 34.4 Å². The third-order valence-electron chi connectivity index (χ3n) is 2.54. The molecule has 2 rings (SSSR count). The molecule has 0 spiro atoms. The summed E-state index contributed by atoms with van der Waals surface area (Å²) in [5.41, 5.74) is 0.0397. The number of nitro groups is 1. The Labute approximate surface area is 112 Å². The molecule has 104 valence electrons. The van der Waals surface area contributed by atoms with E-state index in [-0.39, 0.29) is 24.5 Å². The van der Waals surface area contributed by atoms with Gasteiger partial charge in [0.15, 0.2) is 0 Å². The highest BCUT2D eigenvalue weighted by Crippen LogP contribution is 2.17. The van der Waals surface area contributed by atoms with E-state index in [1.807, 2.05) is 0 Å². The molecule has 9 heteroatoms. The van der Waals surface area contributed by atoms with Gasteiger partial charge >= 0.3 is 6.03 Å². The number of hydrogen-bond acceptors (Lipinski definition) is 5. The maximum Gasteiger partial charge on any atom is 0.322 e. The van der Waals surface area contributed by atoms with Crippen molar-refractivity contribution in [3.8, 4) is 0 Å². The molecule has 0 aromatic heterocycles. The second-order valence-corrected chi connectivity index (χ2v) is 4.07. The molecule has 4 amide bonds. The van der Waals surface area contributed by atoms with Crippen LogP contribution in [0.15, 0.2) is 24.3 Å². The zero-order chi connectivity index (χ0) is 14.7. The van der Waals surface area contributed by atoms with E-state index in [4.69, 9.17) is 0 Å². The van der Waals surface area contributed by atoms with Crippen molar-refractivity contribution in [3.63, 3.8) is 0 Å². The number of carbonyl (C=O) groups excluding carboxylic acids is 3. The molecule has 1 aromatic carbocycles. The van der Waals surface area contributed by atoms with Crippen molar-refractivity contribution >= 4 is 29.2 Å². The molecule has 0 unspecified atom stereocenters. The number of piperazine rings is 1. The number of non-ortho nitro benzene ring substituents is 1. The molecule has 1 heterocycles. The summed E-state index contributed by atoms with van der Waals surface area (Å²) < 4.78 is 0. The van der Waals surface area contributed by atoms with Gasteiger partial charge in [-0.15, -0.1) is 0 Å². The van der Waals surface area contributed by atoms with E-state index in [0.29, 0.717) is 0 Å². The summed E-state index contributed by atoms with van der Waals surface area (Å²) >= 11 is 0. The van der Waals surface area contributed by atoms with Gasteiger partial charge in [-0.3, -0.25) is 25.0 Å². The van der Waals surface area contributed by atoms with Gasteiger partial charge in [0.2, 0.25) is 11.8 Å². The van der Waals surface area contributed by atoms with E-state index in [1.165, 1.54) is 24.3 Å². The minimum atomic E-state index is -0.673. The first-order chi connectivity index (χ1) is 9.45. The zero-order valence-electron chi connectivity index (χ0n) is 10.2. The van der Waals surface area contributed by atoms with Crippen LogP contribution in [0.2, 0.25) is 0 Å². The Hall–Kier alpha value is -2.97. The molecule has 0 radical (unpaired) electrons. The lowest BCUT2D eigenvalue weighted by atomic mass is 10.3. The minimum absolute atomic E-state index is 0.171. The lowest BCUT2D eigenvalue weighted by Gasteiger charge is -2.25. The molecule has 1 aliphatic rings. The molecule has 0 aliphatic carbocycles. The number of anilines is 1. The van der Waals surface area contributed by atoms with Crippen LogP contribution in [0.3, 0.4) is 0 Å². The normalized spacial score (nSPS) is 14.7. The molecular weight excluding hydrogens is 268 g/mol. The molecule has 1 aromatic rings. The van der Waals surface area contributed by atoms with Crippen LogP contribution in [0, 0.1) is 10.1 Å². The molecule has 20 heavy (non-hydrogen) atoms. The average Bonchev–Trinajstić information content (AvgIpc) is 2.37. The SMILES string of the molecule is O=C1CN(C(=O)Nc2cccc([N+](=O)[O-])c2)CC(=O)N1. The number of nitrogens with one attached hydrogen (secondary N) is 2. The van der Waals surface area contributed by atoms with E-state index in [0.717, 1.165) is 4.90 Å². The van der Waals surface area contributed by atoms with Crippen LogP contribution < -0.4 is 10.6 Å². The summed E-state index contributed by atoms with van der Waals surface area (Å²) in [5.74, 6) is -1.15. The average molecular weight is 278 g/mol. The van der Waals surface area contributed by atoms with Crippen molar-refractivity contribution in [1.82, 2.24) is 10.2 Å². The Bertz CT molecular complexity index is 584. The quantitative estimate of drug-likeness (QED) is 0.451. The maximum absolute atomic E-state index is 11.9. The van der Waals surface area contributed by atoms with E-state index < -0.39 is 22.8 Å². The van der Waals surface area contributed by atoms with Crippen molar-refractivity contribution in [1.29, 1.82) is 0 Å². The van der Waals surface area contributed by atoms with Crippen molar-refractivity contribution in [2.75, 3.05) is 18.4 Å². The maximum atomic E-state index is 11.9. The van der Waals surface area contributed by atoms with Crippen molar-refractivity contribution in [2.24, 2.45) is 0 Å². The van der Waals surface area contributed by atoms with Crippen LogP contribution in [0.4, 0.5) is 16.2 Å². The molecule has 2 N–H and O–H groups in total. The van der Waals surface area contributed by atoms with Gasteiger partial charge in [0.05, 0.1) is 4.92 Å². The van der Waals surface area contributed by atoms with Gasteiger partial charge in [-0.25, -0.2) is 4.79 Å². The van der Waals surface area contributed by atoms with Crippen molar-refractivity contribution in [2.45, 2.75) is 0 Å². The standard InChI is InChI=1S/C11H10N4O5/c16-9-5-14(6-10(17)13-9)11(18)12-7-2-1-3-8(4-7)15(19)20/h1-4H,5-6H2,(H,12,18)(H,13,16,17). The van der Waals surface area contributed by atoms with E-state index >= 15 is 0 Å². The zero-order valence-corrected chi connectivity index (χ0v) is 10.2. The van der Waals surface area contributed by atoms with Crippen LogP contribution in [-0.4, -0.2) is 40.8 Å². The van der Waals surface area contributed by atoms with Gasteiger partial charge < -0.3 is 10.2 Å². The Morgan fingerprint density at radius 1 is 1.30 bits per heavy atom. The monoisotopic (exact) mass is 278 g/mol. The summed E-state index contributed by atoms with van der Waals surface area (Å²) in [6.07, 6.45) is 0. The summed E-state index contributed by atoms with van der Waals surface area (Å²) in [6.45, 7) is -0.487. The number of urea groups is 1. The molecule has 0 atom stereocenters. The van der Waals surface area contributed by atoms with E-state index in [2.05, 4.69) is 10.6 Å². The predicted molar refractivity (Wildman–Crippen MR) is 66.8 cm³/mol. The Kier molecular flexibility index (Phi) is 3.60. The first-order valence-corrected chi connectivity index (χ1v) is 5.59. The van der Waals surface area contributed by atoms with Gasteiger partial charge in [0.25, 0.3) is 5.69 Å². The molecular formula is C11H10N4O5.